The standard InChI is InChI=1S/C23H23N3O3S2/c1-16-7-6-8-17(2)22(16)26-31(28,29)20-13-11-19(12-14-20)24-23(30)25-21(27)15-18-9-4-3-5-10-18/h3-14,26H,15H2,1-2H3,(H2,24,25,27,30). The molecule has 0 fully saturated rings. The maximum atomic E-state index is 12.7. The van der Waals surface area contributed by atoms with Crippen molar-refractivity contribution in [3.63, 3.8) is 0 Å². The molecule has 0 radical (unpaired) electrons. The molecule has 8 heteroatoms. The number of anilines is 2. The third-order valence-corrected chi connectivity index (χ3v) is 6.17. The second-order valence-corrected chi connectivity index (χ2v) is 9.15. The van der Waals surface area contributed by atoms with E-state index in [1.165, 1.54) is 12.1 Å². The lowest BCUT2D eigenvalue weighted by Crippen LogP contribution is -2.35. The normalized spacial score (nSPS) is 10.9. The van der Waals surface area contributed by atoms with Crippen molar-refractivity contribution in [3.8, 4) is 0 Å². The fourth-order valence-electron chi connectivity index (χ4n) is 3.00. The molecule has 3 rings (SSSR count). The van der Waals surface area contributed by atoms with Crippen LogP contribution in [0.1, 0.15) is 16.7 Å². The van der Waals surface area contributed by atoms with E-state index in [1.54, 1.807) is 12.1 Å². The van der Waals surface area contributed by atoms with Gasteiger partial charge in [-0.3, -0.25) is 9.52 Å². The minimum atomic E-state index is -3.74. The number of carbonyl (C=O) groups excluding carboxylic acids is 1. The van der Waals surface area contributed by atoms with E-state index >= 15 is 0 Å². The highest BCUT2D eigenvalue weighted by atomic mass is 32.2. The average molecular weight is 454 g/mol. The van der Waals surface area contributed by atoms with E-state index in [9.17, 15) is 13.2 Å². The number of hydrogen-bond donors (Lipinski definition) is 3. The molecule has 6 nitrogen and oxygen atoms in total. The van der Waals surface area contributed by atoms with Gasteiger partial charge in [0.25, 0.3) is 10.0 Å². The number of thiocarbonyl (C=S) groups is 1. The average Bonchev–Trinajstić information content (AvgIpc) is 2.72. The van der Waals surface area contributed by atoms with Crippen molar-refractivity contribution in [1.29, 1.82) is 0 Å². The van der Waals surface area contributed by atoms with Crippen LogP contribution < -0.4 is 15.4 Å². The minimum Gasteiger partial charge on any atom is -0.332 e. The zero-order valence-corrected chi connectivity index (χ0v) is 18.8. The first-order valence-electron chi connectivity index (χ1n) is 9.58. The first-order chi connectivity index (χ1) is 14.7. The van der Waals surface area contributed by atoms with Gasteiger partial charge in [0.05, 0.1) is 17.0 Å². The van der Waals surface area contributed by atoms with Crippen molar-refractivity contribution >= 4 is 44.6 Å². The Morgan fingerprint density at radius 1 is 0.871 bits per heavy atom. The third kappa shape index (κ3) is 6.13. The van der Waals surface area contributed by atoms with Gasteiger partial charge in [-0.25, -0.2) is 8.42 Å². The first-order valence-corrected chi connectivity index (χ1v) is 11.5. The predicted octanol–water partition coefficient (Wildman–Crippen LogP) is 4.16. The lowest BCUT2D eigenvalue weighted by molar-refractivity contribution is -0.119. The molecule has 0 saturated carbocycles. The van der Waals surface area contributed by atoms with Crippen LogP contribution in [0.15, 0.2) is 77.7 Å². The fourth-order valence-corrected chi connectivity index (χ4v) is 4.44. The van der Waals surface area contributed by atoms with E-state index in [4.69, 9.17) is 12.2 Å². The zero-order chi connectivity index (χ0) is 22.4. The molecule has 0 heterocycles. The molecule has 160 valence electrons. The highest BCUT2D eigenvalue weighted by Gasteiger charge is 2.16. The summed E-state index contributed by atoms with van der Waals surface area (Å²) in [6, 6.07) is 21.1. The molecular weight excluding hydrogens is 430 g/mol. The molecule has 0 unspecified atom stereocenters. The van der Waals surface area contributed by atoms with Gasteiger partial charge in [-0.15, -0.1) is 0 Å². The van der Waals surface area contributed by atoms with E-state index in [2.05, 4.69) is 15.4 Å². The highest BCUT2D eigenvalue weighted by Crippen LogP contribution is 2.24. The van der Waals surface area contributed by atoms with Gasteiger partial charge < -0.3 is 10.6 Å². The molecule has 3 aromatic rings. The van der Waals surface area contributed by atoms with Gasteiger partial charge in [-0.2, -0.15) is 0 Å². The number of aryl methyl sites for hydroxylation is 2. The second kappa shape index (κ2) is 9.72. The maximum Gasteiger partial charge on any atom is 0.261 e. The summed E-state index contributed by atoms with van der Waals surface area (Å²) in [4.78, 5) is 12.2. The van der Waals surface area contributed by atoms with Gasteiger partial charge in [-0.1, -0.05) is 48.5 Å². The number of rotatable bonds is 6. The van der Waals surface area contributed by atoms with Crippen LogP contribution in [0.25, 0.3) is 0 Å². The number of para-hydroxylation sites is 1. The summed E-state index contributed by atoms with van der Waals surface area (Å²) in [6.07, 6.45) is 0.212. The number of amides is 1. The molecular formula is C23H23N3O3S2. The van der Waals surface area contributed by atoms with Gasteiger partial charge in [0.15, 0.2) is 5.11 Å². The Labute approximate surface area is 187 Å². The number of benzene rings is 3. The number of nitrogens with one attached hydrogen (secondary N) is 3. The van der Waals surface area contributed by atoms with Crippen molar-refractivity contribution in [2.45, 2.75) is 25.2 Å². The van der Waals surface area contributed by atoms with Crippen molar-refractivity contribution in [1.82, 2.24) is 5.32 Å². The molecule has 31 heavy (non-hydrogen) atoms. The molecule has 0 atom stereocenters. The van der Waals surface area contributed by atoms with E-state index in [-0.39, 0.29) is 22.3 Å². The molecule has 0 spiro atoms. The van der Waals surface area contributed by atoms with Crippen LogP contribution in [0, 0.1) is 13.8 Å². The minimum absolute atomic E-state index is 0.125. The summed E-state index contributed by atoms with van der Waals surface area (Å²) < 4.78 is 28.1. The van der Waals surface area contributed by atoms with E-state index in [1.807, 2.05) is 62.4 Å². The highest BCUT2D eigenvalue weighted by molar-refractivity contribution is 7.92. The molecule has 0 aromatic heterocycles. The Bertz CT molecular complexity index is 1170. The predicted molar refractivity (Wildman–Crippen MR) is 128 cm³/mol. The number of hydrogen-bond acceptors (Lipinski definition) is 4. The quantitative estimate of drug-likeness (QED) is 0.488. The second-order valence-electron chi connectivity index (χ2n) is 7.06. The van der Waals surface area contributed by atoms with Gasteiger partial charge in [0.1, 0.15) is 0 Å². The summed E-state index contributed by atoms with van der Waals surface area (Å²) in [6.45, 7) is 3.70. The SMILES string of the molecule is Cc1cccc(C)c1NS(=O)(=O)c1ccc(NC(=S)NC(=O)Cc2ccccc2)cc1. The van der Waals surface area contributed by atoms with Gasteiger partial charge >= 0.3 is 0 Å². The van der Waals surface area contributed by atoms with Gasteiger partial charge in [0, 0.05) is 5.69 Å². The monoisotopic (exact) mass is 453 g/mol. The summed E-state index contributed by atoms with van der Waals surface area (Å²) >= 11 is 5.18. The van der Waals surface area contributed by atoms with Crippen LogP contribution in [0.5, 0.6) is 0 Å². The Kier molecular flexibility index (Phi) is 7.04. The fraction of sp³-hybridized carbons (Fsp3) is 0.130. The lowest BCUT2D eigenvalue weighted by atomic mass is 10.1. The molecule has 0 aliphatic heterocycles. The Morgan fingerprint density at radius 2 is 1.48 bits per heavy atom. The molecule has 1 amide bonds. The molecule has 0 bridgehead atoms. The van der Waals surface area contributed by atoms with Crippen LogP contribution in [0.2, 0.25) is 0 Å². The van der Waals surface area contributed by atoms with Crippen molar-refractivity contribution in [2.24, 2.45) is 0 Å². The number of sulfonamides is 1. The molecule has 3 N–H and O–H groups in total. The Morgan fingerprint density at radius 3 is 2.10 bits per heavy atom. The third-order valence-electron chi connectivity index (χ3n) is 4.60. The number of carbonyl (C=O) groups is 1. The van der Waals surface area contributed by atoms with Crippen molar-refractivity contribution in [2.75, 3.05) is 10.0 Å². The van der Waals surface area contributed by atoms with E-state index in [0.717, 1.165) is 16.7 Å². The topological polar surface area (TPSA) is 87.3 Å². The smallest absolute Gasteiger partial charge is 0.261 e. The molecule has 0 saturated heterocycles. The van der Waals surface area contributed by atoms with Gasteiger partial charge in [-0.05, 0) is 67.0 Å². The summed E-state index contributed by atoms with van der Waals surface area (Å²) in [5.74, 6) is -0.235. The molecule has 0 aliphatic rings. The largest absolute Gasteiger partial charge is 0.332 e. The lowest BCUT2D eigenvalue weighted by Gasteiger charge is -2.14. The van der Waals surface area contributed by atoms with Crippen molar-refractivity contribution < 1.29 is 13.2 Å². The van der Waals surface area contributed by atoms with E-state index < -0.39 is 10.0 Å². The van der Waals surface area contributed by atoms with Crippen LogP contribution in [-0.4, -0.2) is 19.4 Å². The molecule has 0 aliphatic carbocycles. The first kappa shape index (κ1) is 22.5. The Hall–Kier alpha value is -3.23. The van der Waals surface area contributed by atoms with Crippen LogP contribution in [0.3, 0.4) is 0 Å². The summed E-state index contributed by atoms with van der Waals surface area (Å²) in [7, 11) is -3.74. The van der Waals surface area contributed by atoms with Crippen LogP contribution in [-0.2, 0) is 21.2 Å². The van der Waals surface area contributed by atoms with Crippen LogP contribution >= 0.6 is 12.2 Å². The molecule has 3 aromatic carbocycles. The van der Waals surface area contributed by atoms with Gasteiger partial charge in [0.2, 0.25) is 5.91 Å². The Balaban J connectivity index is 1.61. The van der Waals surface area contributed by atoms with Crippen molar-refractivity contribution in [3.05, 3.63) is 89.5 Å². The van der Waals surface area contributed by atoms with E-state index in [0.29, 0.717) is 11.4 Å². The maximum absolute atomic E-state index is 12.7. The summed E-state index contributed by atoms with van der Waals surface area (Å²) in [5, 5.41) is 5.65. The van der Waals surface area contributed by atoms with Crippen LogP contribution in [0.4, 0.5) is 11.4 Å². The zero-order valence-electron chi connectivity index (χ0n) is 17.2. The summed E-state index contributed by atoms with van der Waals surface area (Å²) in [5.41, 5.74) is 3.72.